The summed E-state index contributed by atoms with van der Waals surface area (Å²) in [6, 6.07) is -0.458. The summed E-state index contributed by atoms with van der Waals surface area (Å²) in [5, 5.41) is 0. The number of methoxy groups -OCH3 is 1. The molecule has 4 N–H and O–H groups in total. The first kappa shape index (κ1) is 14.9. The lowest BCUT2D eigenvalue weighted by atomic mass is 9.92. The highest BCUT2D eigenvalue weighted by Gasteiger charge is 2.33. The average Bonchev–Trinajstić information content (AvgIpc) is 2.35. The Hall–Kier alpha value is -1.14. The molecule has 0 aromatic rings. The van der Waals surface area contributed by atoms with Gasteiger partial charge in [0.25, 0.3) is 0 Å². The number of nitrogens with two attached hydrogens (primary N) is 2. The van der Waals surface area contributed by atoms with E-state index in [-0.39, 0.29) is 23.8 Å². The van der Waals surface area contributed by atoms with Gasteiger partial charge in [0.1, 0.15) is 0 Å². The predicted molar refractivity (Wildman–Crippen MR) is 67.6 cm³/mol. The van der Waals surface area contributed by atoms with Crippen LogP contribution in [0.3, 0.4) is 0 Å². The molecule has 0 saturated carbocycles. The highest BCUT2D eigenvalue weighted by Crippen LogP contribution is 2.22. The smallest absolute Gasteiger partial charge is 0.239 e. The zero-order valence-electron chi connectivity index (χ0n) is 11.1. The summed E-state index contributed by atoms with van der Waals surface area (Å²) in [7, 11) is 1.57. The molecule has 0 radical (unpaired) electrons. The molecule has 6 nitrogen and oxygen atoms in total. The van der Waals surface area contributed by atoms with Crippen molar-refractivity contribution in [3.8, 4) is 0 Å². The van der Waals surface area contributed by atoms with E-state index in [0.29, 0.717) is 19.6 Å². The van der Waals surface area contributed by atoms with Crippen molar-refractivity contribution in [2.24, 2.45) is 17.4 Å². The minimum absolute atomic E-state index is 0.113. The number of carbonyl (C=O) groups excluding carboxylic acids is 2. The van der Waals surface area contributed by atoms with E-state index in [1.54, 1.807) is 12.0 Å². The number of amides is 2. The summed E-state index contributed by atoms with van der Waals surface area (Å²) in [5.41, 5.74) is 11.1. The van der Waals surface area contributed by atoms with Gasteiger partial charge in [0.15, 0.2) is 0 Å². The van der Waals surface area contributed by atoms with E-state index in [9.17, 15) is 9.59 Å². The third-order valence-corrected chi connectivity index (χ3v) is 3.52. The molecule has 1 fully saturated rings. The van der Waals surface area contributed by atoms with Crippen LogP contribution in [0.4, 0.5) is 0 Å². The van der Waals surface area contributed by atoms with E-state index < -0.39 is 6.04 Å². The van der Waals surface area contributed by atoms with E-state index in [1.807, 2.05) is 6.92 Å². The molecule has 1 aliphatic rings. The third-order valence-electron chi connectivity index (χ3n) is 3.52. The van der Waals surface area contributed by atoms with Gasteiger partial charge in [0.05, 0.1) is 12.0 Å². The van der Waals surface area contributed by atoms with Crippen molar-refractivity contribution in [2.45, 2.75) is 38.3 Å². The second-order valence-electron chi connectivity index (χ2n) is 4.90. The fraction of sp³-hybridized carbons (Fsp3) is 0.833. The van der Waals surface area contributed by atoms with Crippen LogP contribution in [0.2, 0.25) is 0 Å². The fourth-order valence-corrected chi connectivity index (χ4v) is 2.23. The van der Waals surface area contributed by atoms with E-state index in [0.717, 1.165) is 12.8 Å². The molecule has 0 aromatic carbocycles. The normalized spacial score (nSPS) is 25.8. The first-order chi connectivity index (χ1) is 8.47. The summed E-state index contributed by atoms with van der Waals surface area (Å²) in [5.74, 6) is -0.713. The highest BCUT2D eigenvalue weighted by molar-refractivity contribution is 5.83. The number of hydrogen-bond acceptors (Lipinski definition) is 4. The molecule has 1 aliphatic heterocycles. The van der Waals surface area contributed by atoms with Crippen LogP contribution in [0.15, 0.2) is 0 Å². The van der Waals surface area contributed by atoms with Gasteiger partial charge >= 0.3 is 0 Å². The van der Waals surface area contributed by atoms with Crippen molar-refractivity contribution in [2.75, 3.05) is 20.3 Å². The SMILES string of the molecule is COCCC(N)C(=O)N1CC(C(N)=O)CCC1C. The molecule has 0 aliphatic carbocycles. The van der Waals surface area contributed by atoms with Crippen LogP contribution in [0.25, 0.3) is 0 Å². The Morgan fingerprint density at radius 3 is 2.67 bits per heavy atom. The number of hydrogen-bond donors (Lipinski definition) is 2. The van der Waals surface area contributed by atoms with Crippen LogP contribution in [-0.2, 0) is 14.3 Å². The van der Waals surface area contributed by atoms with Gasteiger partial charge in [0.2, 0.25) is 11.8 Å². The summed E-state index contributed by atoms with van der Waals surface area (Å²) in [6.07, 6.45) is 2.02. The fourth-order valence-electron chi connectivity index (χ4n) is 2.23. The Balaban J connectivity index is 2.61. The molecule has 1 saturated heterocycles. The number of nitrogens with zero attached hydrogens (tertiary/aromatic N) is 1. The lowest BCUT2D eigenvalue weighted by Crippen LogP contribution is -2.53. The molecule has 0 spiro atoms. The summed E-state index contributed by atoms with van der Waals surface area (Å²) < 4.78 is 4.91. The maximum absolute atomic E-state index is 12.2. The molecule has 18 heavy (non-hydrogen) atoms. The van der Waals surface area contributed by atoms with Crippen molar-refractivity contribution in [1.29, 1.82) is 0 Å². The maximum Gasteiger partial charge on any atom is 0.239 e. The lowest BCUT2D eigenvalue weighted by molar-refractivity contribution is -0.139. The number of primary amides is 1. The quantitative estimate of drug-likeness (QED) is 0.691. The Morgan fingerprint density at radius 1 is 1.44 bits per heavy atom. The second-order valence-corrected chi connectivity index (χ2v) is 4.90. The second kappa shape index (κ2) is 6.70. The molecule has 0 aromatic heterocycles. The van der Waals surface area contributed by atoms with Crippen LogP contribution in [0.5, 0.6) is 0 Å². The lowest BCUT2D eigenvalue weighted by Gasteiger charge is -2.38. The molecule has 1 rings (SSSR count). The Morgan fingerprint density at radius 2 is 2.11 bits per heavy atom. The molecule has 1 heterocycles. The van der Waals surface area contributed by atoms with Crippen LogP contribution in [0.1, 0.15) is 26.2 Å². The van der Waals surface area contributed by atoms with Crippen molar-refractivity contribution in [3.05, 3.63) is 0 Å². The molecule has 3 unspecified atom stereocenters. The van der Waals surface area contributed by atoms with Gasteiger partial charge in [-0.15, -0.1) is 0 Å². The number of likely N-dealkylation sites (tertiary alicyclic amines) is 1. The molecule has 0 bridgehead atoms. The maximum atomic E-state index is 12.2. The van der Waals surface area contributed by atoms with Gasteiger partial charge in [-0.3, -0.25) is 9.59 Å². The van der Waals surface area contributed by atoms with Crippen molar-refractivity contribution < 1.29 is 14.3 Å². The van der Waals surface area contributed by atoms with E-state index in [1.165, 1.54) is 0 Å². The number of rotatable bonds is 5. The summed E-state index contributed by atoms with van der Waals surface area (Å²) in [6.45, 7) is 2.81. The molecule has 6 heteroatoms. The third kappa shape index (κ3) is 3.68. The standard InChI is InChI=1S/C12H23N3O3/c1-8-3-4-9(11(14)16)7-15(8)12(17)10(13)5-6-18-2/h8-10H,3-7,13H2,1-2H3,(H2,14,16). The zero-order chi connectivity index (χ0) is 13.7. The Kier molecular flexibility index (Phi) is 5.55. The molecular weight excluding hydrogens is 234 g/mol. The Labute approximate surface area is 108 Å². The van der Waals surface area contributed by atoms with Gasteiger partial charge in [-0.1, -0.05) is 0 Å². The van der Waals surface area contributed by atoms with Crippen LogP contribution in [0, 0.1) is 5.92 Å². The minimum atomic E-state index is -0.570. The first-order valence-electron chi connectivity index (χ1n) is 6.31. The van der Waals surface area contributed by atoms with E-state index in [2.05, 4.69) is 0 Å². The average molecular weight is 257 g/mol. The zero-order valence-corrected chi connectivity index (χ0v) is 11.1. The van der Waals surface area contributed by atoms with E-state index >= 15 is 0 Å². The number of ether oxygens (including phenoxy) is 1. The Bertz CT molecular complexity index is 309. The van der Waals surface area contributed by atoms with Crippen LogP contribution in [-0.4, -0.2) is 49.1 Å². The molecular formula is C12H23N3O3. The van der Waals surface area contributed by atoms with Crippen LogP contribution < -0.4 is 11.5 Å². The van der Waals surface area contributed by atoms with Gasteiger partial charge in [-0.05, 0) is 26.2 Å². The van der Waals surface area contributed by atoms with Crippen molar-refractivity contribution in [3.63, 3.8) is 0 Å². The predicted octanol–water partition coefficient (Wildman–Crippen LogP) is -0.537. The number of piperidine rings is 1. The first-order valence-corrected chi connectivity index (χ1v) is 6.31. The molecule has 104 valence electrons. The summed E-state index contributed by atoms with van der Waals surface area (Å²) >= 11 is 0. The van der Waals surface area contributed by atoms with Crippen molar-refractivity contribution in [1.82, 2.24) is 4.90 Å². The summed E-state index contributed by atoms with van der Waals surface area (Å²) in [4.78, 5) is 25.1. The van der Waals surface area contributed by atoms with Crippen molar-refractivity contribution >= 4 is 11.8 Å². The molecule has 3 atom stereocenters. The topological polar surface area (TPSA) is 98.7 Å². The van der Waals surface area contributed by atoms with Gasteiger partial charge in [-0.2, -0.15) is 0 Å². The molecule has 2 amide bonds. The monoisotopic (exact) mass is 257 g/mol. The van der Waals surface area contributed by atoms with Crippen LogP contribution >= 0.6 is 0 Å². The van der Waals surface area contributed by atoms with Gasteiger partial charge < -0.3 is 21.1 Å². The van der Waals surface area contributed by atoms with Gasteiger partial charge in [-0.25, -0.2) is 0 Å². The highest BCUT2D eigenvalue weighted by atomic mass is 16.5. The van der Waals surface area contributed by atoms with E-state index in [4.69, 9.17) is 16.2 Å². The minimum Gasteiger partial charge on any atom is -0.385 e. The van der Waals surface area contributed by atoms with Gasteiger partial charge in [0, 0.05) is 26.3 Å². The largest absolute Gasteiger partial charge is 0.385 e. The number of carbonyl (C=O) groups is 2.